The third-order valence-electron chi connectivity index (χ3n) is 7.38. The maximum absolute atomic E-state index is 13.7. The molecule has 0 radical (unpaired) electrons. The van der Waals surface area contributed by atoms with Crippen molar-refractivity contribution in [1.82, 2.24) is 20.2 Å². The van der Waals surface area contributed by atoms with Crippen LogP contribution in [0.25, 0.3) is 0 Å². The minimum absolute atomic E-state index is 0.0181. The van der Waals surface area contributed by atoms with Crippen LogP contribution in [0, 0.1) is 17.8 Å². The second kappa shape index (κ2) is 12.0. The molecule has 0 spiro atoms. The second-order valence-electron chi connectivity index (χ2n) is 11.0. The summed E-state index contributed by atoms with van der Waals surface area (Å²) in [6, 6.07) is 0.339. The number of sulfonamides is 1. The van der Waals surface area contributed by atoms with Crippen LogP contribution >= 0.6 is 0 Å². The second-order valence-corrected chi connectivity index (χ2v) is 12.7. The van der Waals surface area contributed by atoms with Crippen molar-refractivity contribution in [3.05, 3.63) is 29.8 Å². The topological polar surface area (TPSA) is 162 Å². The SMILES string of the molecule is CC(C)c1nocc1C(=O)N[C@H](C(=O)Nc1cc(OC2COC2)c(S(=O)(=O)NCC(F)F)cn1)C(C1CC1)C1CC1. The highest BCUT2D eigenvalue weighted by Crippen LogP contribution is 2.51. The number of pyridine rings is 1. The van der Waals surface area contributed by atoms with Crippen molar-refractivity contribution in [3.8, 4) is 5.75 Å². The summed E-state index contributed by atoms with van der Waals surface area (Å²) in [6.45, 7) is 3.11. The largest absolute Gasteiger partial charge is 0.484 e. The number of aromatic nitrogens is 2. The van der Waals surface area contributed by atoms with Gasteiger partial charge in [-0.3, -0.25) is 9.59 Å². The molecule has 2 aliphatic carbocycles. The molecule has 0 aromatic carbocycles. The Bertz CT molecular complexity index is 1360. The molecule has 3 heterocycles. The summed E-state index contributed by atoms with van der Waals surface area (Å²) in [6.07, 6.45) is 2.70. The molecule has 1 atom stereocenters. The predicted molar refractivity (Wildman–Crippen MR) is 140 cm³/mol. The molecule has 12 nitrogen and oxygen atoms in total. The maximum atomic E-state index is 13.7. The molecule has 3 aliphatic rings. The third-order valence-corrected chi connectivity index (χ3v) is 8.81. The number of hydrogen-bond donors (Lipinski definition) is 3. The van der Waals surface area contributed by atoms with E-state index < -0.39 is 51.8 Å². The van der Waals surface area contributed by atoms with Crippen LogP contribution in [0.4, 0.5) is 14.6 Å². The molecule has 2 saturated carbocycles. The zero-order valence-electron chi connectivity index (χ0n) is 22.6. The molecule has 0 bridgehead atoms. The van der Waals surface area contributed by atoms with Gasteiger partial charge in [0.05, 0.1) is 31.6 Å². The molecule has 2 aromatic rings. The molecule has 5 rings (SSSR count). The van der Waals surface area contributed by atoms with Crippen LogP contribution in [0.15, 0.2) is 27.9 Å². The van der Waals surface area contributed by atoms with Gasteiger partial charge in [0.15, 0.2) is 0 Å². The number of nitrogens with one attached hydrogen (secondary N) is 3. The minimum Gasteiger partial charge on any atom is -0.484 e. The van der Waals surface area contributed by atoms with Gasteiger partial charge in [-0.1, -0.05) is 19.0 Å². The van der Waals surface area contributed by atoms with Crippen molar-refractivity contribution < 1.29 is 40.8 Å². The van der Waals surface area contributed by atoms with Gasteiger partial charge < -0.3 is 24.6 Å². The molecule has 1 saturated heterocycles. The highest BCUT2D eigenvalue weighted by molar-refractivity contribution is 7.89. The predicted octanol–water partition coefficient (Wildman–Crippen LogP) is 2.69. The maximum Gasteiger partial charge on any atom is 0.257 e. The monoisotopic (exact) mass is 597 g/mol. The Kier molecular flexibility index (Phi) is 8.57. The van der Waals surface area contributed by atoms with E-state index in [1.807, 2.05) is 18.6 Å². The molecule has 2 amide bonds. The Morgan fingerprint density at radius 2 is 1.83 bits per heavy atom. The zero-order valence-corrected chi connectivity index (χ0v) is 23.5. The Balaban J connectivity index is 1.40. The fourth-order valence-electron chi connectivity index (χ4n) is 4.98. The number of carbonyl (C=O) groups excluding carboxylic acids is 2. The van der Waals surface area contributed by atoms with Gasteiger partial charge in [0, 0.05) is 6.07 Å². The molecule has 41 heavy (non-hydrogen) atoms. The van der Waals surface area contributed by atoms with E-state index in [-0.39, 0.29) is 42.2 Å². The van der Waals surface area contributed by atoms with E-state index in [0.29, 0.717) is 17.5 Å². The summed E-state index contributed by atoms with van der Waals surface area (Å²) >= 11 is 0. The lowest BCUT2D eigenvalue weighted by molar-refractivity contribution is -0.119. The first-order valence-corrected chi connectivity index (χ1v) is 15.1. The van der Waals surface area contributed by atoms with E-state index in [2.05, 4.69) is 20.8 Å². The van der Waals surface area contributed by atoms with Gasteiger partial charge in [0.25, 0.3) is 12.3 Å². The average molecular weight is 598 g/mol. The molecule has 3 fully saturated rings. The first kappa shape index (κ1) is 29.3. The van der Waals surface area contributed by atoms with Crippen molar-refractivity contribution in [2.75, 3.05) is 25.1 Å². The summed E-state index contributed by atoms with van der Waals surface area (Å²) in [7, 11) is -4.39. The average Bonchev–Trinajstić information content (AvgIpc) is 3.84. The molecule has 15 heteroatoms. The van der Waals surface area contributed by atoms with Gasteiger partial charge >= 0.3 is 0 Å². The number of carbonyl (C=O) groups is 2. The summed E-state index contributed by atoms with van der Waals surface area (Å²) in [5.74, 6) is -0.737. The van der Waals surface area contributed by atoms with Crippen LogP contribution in [-0.4, -0.2) is 68.7 Å². The van der Waals surface area contributed by atoms with Gasteiger partial charge in [-0.05, 0) is 49.4 Å². The Labute approximate surface area is 236 Å². The van der Waals surface area contributed by atoms with E-state index >= 15 is 0 Å². The van der Waals surface area contributed by atoms with Crippen molar-refractivity contribution in [1.29, 1.82) is 0 Å². The lowest BCUT2D eigenvalue weighted by Gasteiger charge is -2.28. The van der Waals surface area contributed by atoms with E-state index in [4.69, 9.17) is 14.0 Å². The van der Waals surface area contributed by atoms with E-state index in [9.17, 15) is 26.8 Å². The smallest absolute Gasteiger partial charge is 0.257 e. The Hall–Kier alpha value is -3.17. The van der Waals surface area contributed by atoms with Crippen LogP contribution < -0.4 is 20.1 Å². The van der Waals surface area contributed by atoms with Gasteiger partial charge in [0.2, 0.25) is 15.9 Å². The van der Waals surface area contributed by atoms with E-state index in [1.165, 1.54) is 12.3 Å². The molecule has 0 unspecified atom stereocenters. The number of hydrogen-bond acceptors (Lipinski definition) is 9. The molecule has 3 N–H and O–H groups in total. The zero-order chi connectivity index (χ0) is 29.3. The summed E-state index contributed by atoms with van der Waals surface area (Å²) < 4.78 is 68.5. The standard InChI is InChI=1S/C26H33F2N5O7S/c1-13(2)23-17(12-39-33-23)25(34)32-24(22(14-3-4-14)15-5-6-15)26(35)31-21-7-18(40-16-10-38-11-16)19(8-29-21)41(36,37)30-9-20(27)28/h7-8,12-16,20,22,24,30H,3-6,9-11H2,1-2H3,(H,32,34)(H,29,31,35)/t24-/m0/s1. The van der Waals surface area contributed by atoms with Crippen LogP contribution in [-0.2, 0) is 19.6 Å². The van der Waals surface area contributed by atoms with Crippen molar-refractivity contribution in [3.63, 3.8) is 0 Å². The normalized spacial score (nSPS) is 18.4. The van der Waals surface area contributed by atoms with Crippen LogP contribution in [0.5, 0.6) is 5.75 Å². The number of nitrogens with zero attached hydrogens (tertiary/aromatic N) is 2. The minimum atomic E-state index is -4.39. The number of alkyl halides is 2. The van der Waals surface area contributed by atoms with Crippen molar-refractivity contribution in [2.45, 2.75) is 68.9 Å². The number of amides is 2. The van der Waals surface area contributed by atoms with Crippen LogP contribution in [0.3, 0.4) is 0 Å². The van der Waals surface area contributed by atoms with Gasteiger partial charge in [-0.25, -0.2) is 26.9 Å². The lowest BCUT2D eigenvalue weighted by Crippen LogP contribution is -2.50. The number of anilines is 1. The summed E-state index contributed by atoms with van der Waals surface area (Å²) in [4.78, 5) is 30.6. The van der Waals surface area contributed by atoms with E-state index in [0.717, 1.165) is 31.9 Å². The Morgan fingerprint density at radius 3 is 2.39 bits per heavy atom. The molecular weight excluding hydrogens is 564 g/mol. The van der Waals surface area contributed by atoms with Gasteiger partial charge in [0.1, 0.15) is 40.4 Å². The summed E-state index contributed by atoms with van der Waals surface area (Å²) in [5.41, 5.74) is 0.738. The van der Waals surface area contributed by atoms with Gasteiger partial charge in [-0.2, -0.15) is 0 Å². The van der Waals surface area contributed by atoms with Crippen LogP contribution in [0.1, 0.15) is 61.5 Å². The van der Waals surface area contributed by atoms with Crippen LogP contribution in [0.2, 0.25) is 0 Å². The quantitative estimate of drug-likeness (QED) is 0.297. The molecular formula is C26H33F2N5O7S. The molecule has 2 aromatic heterocycles. The number of ether oxygens (including phenoxy) is 2. The fraction of sp³-hybridized carbons (Fsp3) is 0.615. The van der Waals surface area contributed by atoms with Crippen molar-refractivity contribution in [2.24, 2.45) is 17.8 Å². The first-order valence-electron chi connectivity index (χ1n) is 13.6. The highest BCUT2D eigenvalue weighted by Gasteiger charge is 2.48. The number of halogens is 2. The third kappa shape index (κ3) is 7.01. The Morgan fingerprint density at radius 1 is 1.15 bits per heavy atom. The lowest BCUT2D eigenvalue weighted by atomic mass is 9.88. The fourth-order valence-corrected chi connectivity index (χ4v) is 6.05. The van der Waals surface area contributed by atoms with Crippen molar-refractivity contribution >= 4 is 27.7 Å². The number of rotatable bonds is 14. The molecule has 1 aliphatic heterocycles. The van der Waals surface area contributed by atoms with E-state index in [1.54, 1.807) is 0 Å². The van der Waals surface area contributed by atoms with Gasteiger partial charge in [-0.15, -0.1) is 0 Å². The first-order chi connectivity index (χ1) is 19.5. The molecule has 224 valence electrons. The summed E-state index contributed by atoms with van der Waals surface area (Å²) in [5, 5.41) is 9.53. The highest BCUT2D eigenvalue weighted by atomic mass is 32.2.